The Hall–Kier alpha value is -2.90. The second kappa shape index (κ2) is 5.39. The molecule has 0 atom stereocenters. The van der Waals surface area contributed by atoms with Gasteiger partial charge in [-0.1, -0.05) is 0 Å². The first-order valence-electron chi connectivity index (χ1n) is 5.30. The van der Waals surface area contributed by atoms with Crippen LogP contribution in [-0.4, -0.2) is 27.0 Å². The van der Waals surface area contributed by atoms with Crippen LogP contribution in [0.25, 0.3) is 0 Å². The van der Waals surface area contributed by atoms with Gasteiger partial charge in [-0.25, -0.2) is 19.2 Å². The van der Waals surface area contributed by atoms with E-state index in [9.17, 15) is 18.4 Å². The maximum atomic E-state index is 13.4. The topological polar surface area (TPSA) is 92.2 Å². The summed E-state index contributed by atoms with van der Waals surface area (Å²) >= 11 is 0. The number of nitrogens with zero attached hydrogens (tertiary/aromatic N) is 2. The van der Waals surface area contributed by atoms with E-state index in [2.05, 4.69) is 15.3 Å². The number of pyridine rings is 2. The van der Waals surface area contributed by atoms with E-state index in [1.54, 1.807) is 0 Å². The number of carboxylic acid groups (broad SMARTS) is 1. The van der Waals surface area contributed by atoms with Gasteiger partial charge in [-0.05, 0) is 18.2 Å². The smallest absolute Gasteiger partial charge is 0.339 e. The molecule has 2 aromatic heterocycles. The molecule has 0 aliphatic carbocycles. The van der Waals surface area contributed by atoms with Crippen LogP contribution in [0.2, 0.25) is 0 Å². The molecule has 2 aromatic rings. The van der Waals surface area contributed by atoms with Gasteiger partial charge in [0.15, 0.2) is 5.82 Å². The van der Waals surface area contributed by atoms with E-state index in [-0.39, 0.29) is 11.4 Å². The van der Waals surface area contributed by atoms with Crippen molar-refractivity contribution >= 4 is 17.7 Å². The molecule has 2 rings (SSSR count). The van der Waals surface area contributed by atoms with Crippen molar-refractivity contribution in [2.75, 3.05) is 5.32 Å². The minimum absolute atomic E-state index is 0.262. The molecule has 0 radical (unpaired) electrons. The monoisotopic (exact) mass is 279 g/mol. The van der Waals surface area contributed by atoms with E-state index in [0.29, 0.717) is 0 Å². The number of aromatic carboxylic acids is 1. The predicted molar refractivity (Wildman–Crippen MR) is 63.3 cm³/mol. The molecule has 0 bridgehead atoms. The van der Waals surface area contributed by atoms with E-state index in [0.717, 1.165) is 12.3 Å². The number of halogens is 2. The van der Waals surface area contributed by atoms with Crippen molar-refractivity contribution in [3.63, 3.8) is 0 Å². The highest BCUT2D eigenvalue weighted by atomic mass is 19.2. The molecule has 0 spiro atoms. The highest BCUT2D eigenvalue weighted by Crippen LogP contribution is 2.15. The van der Waals surface area contributed by atoms with Gasteiger partial charge >= 0.3 is 5.97 Å². The predicted octanol–water partition coefficient (Wildman–Crippen LogP) is 1.71. The normalized spacial score (nSPS) is 10.1. The fourth-order valence-electron chi connectivity index (χ4n) is 1.45. The molecule has 0 aromatic carbocycles. The third-order valence-electron chi connectivity index (χ3n) is 2.36. The summed E-state index contributed by atoms with van der Waals surface area (Å²) in [5.74, 6) is -5.43. The van der Waals surface area contributed by atoms with Crippen molar-refractivity contribution in [1.82, 2.24) is 9.97 Å². The van der Waals surface area contributed by atoms with E-state index in [4.69, 9.17) is 5.11 Å². The molecule has 2 N–H and O–H groups in total. The first-order chi connectivity index (χ1) is 9.50. The zero-order valence-corrected chi connectivity index (χ0v) is 9.80. The number of anilines is 1. The SMILES string of the molecule is O=C(O)c1cccnc1NC(=O)c1ccnc(F)c1F. The van der Waals surface area contributed by atoms with Crippen molar-refractivity contribution in [3.05, 3.63) is 53.5 Å². The molecule has 6 nitrogen and oxygen atoms in total. The number of carbonyl (C=O) groups excluding carboxylic acids is 1. The average Bonchev–Trinajstić information content (AvgIpc) is 2.42. The second-order valence-electron chi connectivity index (χ2n) is 3.62. The molecule has 1 amide bonds. The van der Waals surface area contributed by atoms with Crippen LogP contribution in [0, 0.1) is 11.8 Å². The molecule has 8 heteroatoms. The number of carboxylic acids is 1. The standard InChI is InChI=1S/C12H7F2N3O3/c13-8-6(3-5-15-9(8)14)11(18)17-10-7(12(19)20)2-1-4-16-10/h1-5H,(H,19,20)(H,16,17,18). The van der Waals surface area contributed by atoms with Crippen LogP contribution >= 0.6 is 0 Å². The van der Waals surface area contributed by atoms with Gasteiger partial charge in [0.2, 0.25) is 5.95 Å². The zero-order valence-electron chi connectivity index (χ0n) is 9.80. The minimum Gasteiger partial charge on any atom is -0.478 e. The average molecular weight is 279 g/mol. The maximum Gasteiger partial charge on any atom is 0.339 e. The number of nitrogens with one attached hydrogen (secondary N) is 1. The quantitative estimate of drug-likeness (QED) is 0.834. The lowest BCUT2D eigenvalue weighted by Crippen LogP contribution is -2.18. The van der Waals surface area contributed by atoms with E-state index in [1.165, 1.54) is 18.3 Å². The summed E-state index contributed by atoms with van der Waals surface area (Å²) in [6, 6.07) is 3.55. The summed E-state index contributed by atoms with van der Waals surface area (Å²) in [7, 11) is 0. The minimum atomic E-state index is -1.42. The van der Waals surface area contributed by atoms with Gasteiger partial charge in [0, 0.05) is 12.4 Å². The molecule has 0 aliphatic rings. The highest BCUT2D eigenvalue weighted by molar-refractivity contribution is 6.06. The third-order valence-corrected chi connectivity index (χ3v) is 2.36. The Morgan fingerprint density at radius 2 is 1.85 bits per heavy atom. The Morgan fingerprint density at radius 3 is 2.55 bits per heavy atom. The van der Waals surface area contributed by atoms with Crippen LogP contribution in [0.3, 0.4) is 0 Å². The van der Waals surface area contributed by atoms with Crippen LogP contribution in [0.5, 0.6) is 0 Å². The second-order valence-corrected chi connectivity index (χ2v) is 3.62. The van der Waals surface area contributed by atoms with Gasteiger partial charge in [0.1, 0.15) is 11.4 Å². The van der Waals surface area contributed by atoms with Crippen molar-refractivity contribution in [2.45, 2.75) is 0 Å². The molecule has 0 unspecified atom stereocenters. The van der Waals surface area contributed by atoms with Gasteiger partial charge in [0.25, 0.3) is 5.91 Å². The van der Waals surface area contributed by atoms with Crippen molar-refractivity contribution in [3.8, 4) is 0 Å². The molecule has 0 saturated carbocycles. The van der Waals surface area contributed by atoms with E-state index < -0.39 is 29.2 Å². The molecule has 20 heavy (non-hydrogen) atoms. The summed E-state index contributed by atoms with van der Waals surface area (Å²) in [6.45, 7) is 0. The van der Waals surface area contributed by atoms with Crippen LogP contribution in [-0.2, 0) is 0 Å². The van der Waals surface area contributed by atoms with Crippen LogP contribution in [0.1, 0.15) is 20.7 Å². The summed E-state index contributed by atoms with van der Waals surface area (Å²) in [6.07, 6.45) is 2.18. The largest absolute Gasteiger partial charge is 0.478 e. The van der Waals surface area contributed by atoms with Gasteiger partial charge in [0.05, 0.1) is 5.56 Å². The van der Waals surface area contributed by atoms with Gasteiger partial charge in [-0.15, -0.1) is 0 Å². The van der Waals surface area contributed by atoms with Crippen LogP contribution in [0.15, 0.2) is 30.6 Å². The number of aromatic nitrogens is 2. The molecule has 0 aliphatic heterocycles. The Balaban J connectivity index is 2.33. The fraction of sp³-hybridized carbons (Fsp3) is 0. The molecule has 0 fully saturated rings. The third kappa shape index (κ3) is 2.58. The Kier molecular flexibility index (Phi) is 3.65. The molecule has 2 heterocycles. The highest BCUT2D eigenvalue weighted by Gasteiger charge is 2.19. The molecular weight excluding hydrogens is 272 g/mol. The lowest BCUT2D eigenvalue weighted by atomic mass is 10.2. The summed E-state index contributed by atoms with van der Waals surface area (Å²) in [5, 5.41) is 11.0. The van der Waals surface area contributed by atoms with Crippen LogP contribution < -0.4 is 5.32 Å². The van der Waals surface area contributed by atoms with Crippen molar-refractivity contribution in [1.29, 1.82) is 0 Å². The maximum absolute atomic E-state index is 13.4. The van der Waals surface area contributed by atoms with Crippen molar-refractivity contribution < 1.29 is 23.5 Å². The lowest BCUT2D eigenvalue weighted by molar-refractivity contribution is 0.0697. The Labute approximate surface area is 111 Å². The summed E-state index contributed by atoms with van der Waals surface area (Å²) in [5.41, 5.74) is -0.865. The number of hydrogen-bond donors (Lipinski definition) is 2. The number of amides is 1. The molecular formula is C12H7F2N3O3. The fourth-order valence-corrected chi connectivity index (χ4v) is 1.45. The van der Waals surface area contributed by atoms with Gasteiger partial charge < -0.3 is 10.4 Å². The number of carbonyl (C=O) groups is 2. The van der Waals surface area contributed by atoms with Crippen LogP contribution in [0.4, 0.5) is 14.6 Å². The van der Waals surface area contributed by atoms with E-state index in [1.807, 2.05) is 0 Å². The number of hydrogen-bond acceptors (Lipinski definition) is 4. The van der Waals surface area contributed by atoms with Gasteiger partial charge in [-0.3, -0.25) is 4.79 Å². The Bertz CT molecular complexity index is 691. The summed E-state index contributed by atoms with van der Waals surface area (Å²) in [4.78, 5) is 29.4. The molecule has 102 valence electrons. The Morgan fingerprint density at radius 1 is 1.10 bits per heavy atom. The van der Waals surface area contributed by atoms with Gasteiger partial charge in [-0.2, -0.15) is 4.39 Å². The molecule has 0 saturated heterocycles. The number of rotatable bonds is 3. The first-order valence-corrected chi connectivity index (χ1v) is 5.30. The van der Waals surface area contributed by atoms with Crippen molar-refractivity contribution in [2.24, 2.45) is 0 Å². The first kappa shape index (κ1) is 13.5. The lowest BCUT2D eigenvalue weighted by Gasteiger charge is -2.07. The van der Waals surface area contributed by atoms with E-state index >= 15 is 0 Å². The summed E-state index contributed by atoms with van der Waals surface area (Å²) < 4.78 is 26.3. The zero-order chi connectivity index (χ0) is 14.7.